The van der Waals surface area contributed by atoms with Gasteiger partial charge >= 0.3 is 0 Å². The summed E-state index contributed by atoms with van der Waals surface area (Å²) in [6.45, 7) is 1.71. The molecule has 1 aromatic heterocycles. The van der Waals surface area contributed by atoms with Gasteiger partial charge in [-0.3, -0.25) is 25.0 Å². The number of nitrogens with zero attached hydrogens (tertiary/aromatic N) is 4. The van der Waals surface area contributed by atoms with Crippen molar-refractivity contribution in [3.05, 3.63) is 85.0 Å². The first-order chi connectivity index (χ1) is 13.3. The third-order valence-corrected chi connectivity index (χ3v) is 4.11. The van der Waals surface area contributed by atoms with Crippen LogP contribution in [0.1, 0.15) is 16.1 Å². The van der Waals surface area contributed by atoms with Crippen LogP contribution in [0.5, 0.6) is 0 Å². The number of anilines is 1. The summed E-state index contributed by atoms with van der Waals surface area (Å²) in [5, 5.41) is 28.7. The number of amides is 1. The first-order valence-corrected chi connectivity index (χ1v) is 8.21. The maximum Gasteiger partial charge on any atom is 0.270 e. The highest BCUT2D eigenvalue weighted by molar-refractivity contribution is 6.34. The lowest BCUT2D eigenvalue weighted by Crippen LogP contribution is -2.16. The van der Waals surface area contributed by atoms with E-state index in [1.807, 2.05) is 0 Å². The van der Waals surface area contributed by atoms with Crippen LogP contribution in [-0.4, -0.2) is 25.5 Å². The largest absolute Gasteiger partial charge is 0.306 e. The maximum absolute atomic E-state index is 12.6. The van der Waals surface area contributed by atoms with Gasteiger partial charge in [-0.1, -0.05) is 11.6 Å². The molecule has 28 heavy (non-hydrogen) atoms. The number of halogens is 1. The highest BCUT2D eigenvalue weighted by Gasteiger charge is 2.18. The van der Waals surface area contributed by atoms with Crippen LogP contribution in [0.4, 0.5) is 17.2 Å². The minimum Gasteiger partial charge on any atom is -0.306 e. The zero-order valence-corrected chi connectivity index (χ0v) is 15.1. The summed E-state index contributed by atoms with van der Waals surface area (Å²) in [6.07, 6.45) is 0. The fourth-order valence-corrected chi connectivity index (χ4v) is 2.69. The molecule has 0 atom stereocenters. The average Bonchev–Trinajstić information content (AvgIpc) is 3.02. The fraction of sp³-hybridized carbons (Fsp3) is 0.0588. The summed E-state index contributed by atoms with van der Waals surface area (Å²) in [4.78, 5) is 33.2. The molecule has 0 fully saturated rings. The van der Waals surface area contributed by atoms with Crippen LogP contribution in [0.3, 0.4) is 0 Å². The van der Waals surface area contributed by atoms with Crippen molar-refractivity contribution in [2.24, 2.45) is 0 Å². The molecule has 3 aromatic rings. The Morgan fingerprint density at radius 1 is 1.04 bits per heavy atom. The number of carbonyl (C=O) groups excluding carboxylic acids is 1. The molecule has 0 saturated heterocycles. The molecule has 0 aliphatic carbocycles. The van der Waals surface area contributed by atoms with E-state index in [2.05, 4.69) is 10.4 Å². The number of nitro benzene ring substituents is 2. The van der Waals surface area contributed by atoms with Crippen molar-refractivity contribution in [2.45, 2.75) is 6.92 Å². The van der Waals surface area contributed by atoms with Crippen molar-refractivity contribution in [2.75, 3.05) is 5.32 Å². The molecule has 0 radical (unpaired) electrons. The Bertz CT molecular complexity index is 1090. The number of aryl methyl sites for hydroxylation is 1. The van der Waals surface area contributed by atoms with Gasteiger partial charge in [-0.15, -0.1) is 0 Å². The molecule has 0 aliphatic heterocycles. The summed E-state index contributed by atoms with van der Waals surface area (Å²) in [6, 6.07) is 10.7. The Morgan fingerprint density at radius 3 is 2.25 bits per heavy atom. The average molecular weight is 402 g/mol. The Balaban J connectivity index is 1.94. The van der Waals surface area contributed by atoms with Crippen LogP contribution in [0.15, 0.2) is 48.5 Å². The molecule has 1 heterocycles. The van der Waals surface area contributed by atoms with E-state index in [4.69, 9.17) is 11.6 Å². The standard InChI is InChI=1S/C17H12ClN5O5/c1-10-8-16(21(20-10)11-2-4-12(5-3-11)22(25)26)19-17(24)14-9-13(23(27)28)6-7-15(14)18/h2-9H,1H3,(H,19,24). The van der Waals surface area contributed by atoms with Crippen molar-refractivity contribution >= 4 is 34.7 Å². The van der Waals surface area contributed by atoms with Crippen molar-refractivity contribution in [1.29, 1.82) is 0 Å². The monoisotopic (exact) mass is 401 g/mol. The van der Waals surface area contributed by atoms with Gasteiger partial charge in [0.1, 0.15) is 5.82 Å². The minimum atomic E-state index is -0.656. The molecule has 1 amide bonds. The number of benzene rings is 2. The molecule has 10 nitrogen and oxygen atoms in total. The molecule has 3 rings (SSSR count). The molecule has 0 bridgehead atoms. The number of nitrogens with one attached hydrogen (secondary N) is 1. The smallest absolute Gasteiger partial charge is 0.270 e. The highest BCUT2D eigenvalue weighted by atomic mass is 35.5. The second-order valence-electron chi connectivity index (χ2n) is 5.73. The number of hydrogen-bond acceptors (Lipinski definition) is 6. The predicted octanol–water partition coefficient (Wildman–Crippen LogP) is 3.90. The number of hydrogen-bond donors (Lipinski definition) is 1. The van der Waals surface area contributed by atoms with E-state index < -0.39 is 15.8 Å². The number of nitro groups is 2. The summed E-state index contributed by atoms with van der Waals surface area (Å²) >= 11 is 6.00. The predicted molar refractivity (Wildman–Crippen MR) is 101 cm³/mol. The molecule has 2 aromatic carbocycles. The lowest BCUT2D eigenvalue weighted by Gasteiger charge is -2.09. The van der Waals surface area contributed by atoms with Crippen molar-refractivity contribution in [3.63, 3.8) is 0 Å². The number of rotatable bonds is 5. The molecule has 1 N–H and O–H groups in total. The molecule has 0 unspecified atom stereocenters. The van der Waals surface area contributed by atoms with E-state index >= 15 is 0 Å². The summed E-state index contributed by atoms with van der Waals surface area (Å²) in [5.41, 5.74) is 0.652. The Labute approximate surface area is 162 Å². The van der Waals surface area contributed by atoms with Gasteiger partial charge in [-0.05, 0) is 25.1 Å². The molecule has 0 saturated carbocycles. The summed E-state index contributed by atoms with van der Waals surface area (Å²) in [5.74, 6) is -0.379. The van der Waals surface area contributed by atoms with Gasteiger partial charge in [0, 0.05) is 30.3 Å². The van der Waals surface area contributed by atoms with Crippen molar-refractivity contribution in [3.8, 4) is 5.69 Å². The van der Waals surface area contributed by atoms with Gasteiger partial charge < -0.3 is 5.32 Å². The maximum atomic E-state index is 12.6. The molecular weight excluding hydrogens is 390 g/mol. The first-order valence-electron chi connectivity index (χ1n) is 7.83. The second-order valence-corrected chi connectivity index (χ2v) is 6.14. The summed E-state index contributed by atoms with van der Waals surface area (Å²) < 4.78 is 1.39. The SMILES string of the molecule is Cc1cc(NC(=O)c2cc([N+](=O)[O-])ccc2Cl)n(-c2ccc([N+](=O)[O-])cc2)n1. The van der Waals surface area contributed by atoms with Crippen LogP contribution in [0, 0.1) is 27.2 Å². The third-order valence-electron chi connectivity index (χ3n) is 3.78. The molecule has 0 aliphatic rings. The Morgan fingerprint density at radius 2 is 1.64 bits per heavy atom. The fourth-order valence-electron chi connectivity index (χ4n) is 2.49. The van der Waals surface area contributed by atoms with Gasteiger partial charge in [0.25, 0.3) is 17.3 Å². The van der Waals surface area contributed by atoms with E-state index in [-0.39, 0.29) is 27.8 Å². The van der Waals surface area contributed by atoms with Crippen LogP contribution in [0.25, 0.3) is 5.69 Å². The normalized spacial score (nSPS) is 10.5. The third kappa shape index (κ3) is 3.81. The van der Waals surface area contributed by atoms with Crippen LogP contribution in [0.2, 0.25) is 5.02 Å². The zero-order valence-electron chi connectivity index (χ0n) is 14.3. The lowest BCUT2D eigenvalue weighted by molar-refractivity contribution is -0.385. The molecule has 0 spiro atoms. The number of non-ortho nitro benzene ring substituents is 2. The van der Waals surface area contributed by atoms with E-state index in [9.17, 15) is 25.0 Å². The summed E-state index contributed by atoms with van der Waals surface area (Å²) in [7, 11) is 0. The Hall–Kier alpha value is -3.79. The van der Waals surface area contributed by atoms with Gasteiger partial charge in [0.15, 0.2) is 0 Å². The van der Waals surface area contributed by atoms with E-state index in [1.165, 1.54) is 41.1 Å². The van der Waals surface area contributed by atoms with Crippen LogP contribution in [-0.2, 0) is 0 Å². The molecule has 11 heteroatoms. The quantitative estimate of drug-likeness (QED) is 0.509. The Kier molecular flexibility index (Phi) is 5.05. The van der Waals surface area contributed by atoms with Gasteiger partial charge in [-0.2, -0.15) is 5.10 Å². The highest BCUT2D eigenvalue weighted by Crippen LogP contribution is 2.25. The lowest BCUT2D eigenvalue weighted by atomic mass is 10.2. The van der Waals surface area contributed by atoms with Crippen molar-refractivity contribution < 1.29 is 14.6 Å². The topological polar surface area (TPSA) is 133 Å². The van der Waals surface area contributed by atoms with E-state index in [0.717, 1.165) is 6.07 Å². The van der Waals surface area contributed by atoms with Crippen LogP contribution < -0.4 is 5.32 Å². The zero-order chi connectivity index (χ0) is 20.4. The molecular formula is C17H12ClN5O5. The second kappa shape index (κ2) is 7.45. The molecule has 142 valence electrons. The van der Waals surface area contributed by atoms with E-state index in [0.29, 0.717) is 11.4 Å². The van der Waals surface area contributed by atoms with Gasteiger partial charge in [0.2, 0.25) is 0 Å². The van der Waals surface area contributed by atoms with Gasteiger partial charge in [0.05, 0.1) is 31.8 Å². The first kappa shape index (κ1) is 19.0. The van der Waals surface area contributed by atoms with Gasteiger partial charge in [-0.25, -0.2) is 4.68 Å². The minimum absolute atomic E-state index is 0.0567. The van der Waals surface area contributed by atoms with Crippen LogP contribution >= 0.6 is 11.6 Å². The number of aromatic nitrogens is 2. The van der Waals surface area contributed by atoms with E-state index in [1.54, 1.807) is 13.0 Å². The van der Waals surface area contributed by atoms with Crippen molar-refractivity contribution in [1.82, 2.24) is 9.78 Å². The number of carbonyl (C=O) groups is 1.